The monoisotopic (exact) mass is 454 g/mol. The Labute approximate surface area is 141 Å². The van der Waals surface area contributed by atoms with Gasteiger partial charge < -0.3 is 14.6 Å². The maximum absolute atomic E-state index is 12.7. The molecule has 0 heterocycles. The van der Waals surface area contributed by atoms with Crippen molar-refractivity contribution in [2.75, 3.05) is 13.7 Å². The van der Waals surface area contributed by atoms with Gasteiger partial charge in [0.2, 0.25) is 0 Å². The Morgan fingerprint density at radius 1 is 1.26 bits per heavy atom. The van der Waals surface area contributed by atoms with Gasteiger partial charge in [-0.25, -0.2) is 4.79 Å². The summed E-state index contributed by atoms with van der Waals surface area (Å²) < 4.78 is 71.9. The molecule has 0 radical (unpaired) electrons. The molecule has 10 heteroatoms. The maximum atomic E-state index is 12.7. The molecule has 1 N–H and O–H groups in total. The average Bonchev–Trinajstić information content (AvgIpc) is 2.42. The van der Waals surface area contributed by atoms with Gasteiger partial charge in [0.1, 0.15) is 17.1 Å². The first-order chi connectivity index (χ1) is 10.5. The van der Waals surface area contributed by atoms with Crippen LogP contribution in [-0.2, 0) is 0 Å². The second-order valence-corrected chi connectivity index (χ2v) is 5.61. The zero-order valence-corrected chi connectivity index (χ0v) is 13.9. The van der Waals surface area contributed by atoms with Gasteiger partial charge in [-0.3, -0.25) is 0 Å². The Bertz CT molecular complexity index is 574. The number of methoxy groups -OCH3 is 1. The highest BCUT2D eigenvalue weighted by atomic mass is 127. The molecule has 4 nitrogen and oxygen atoms in total. The number of aromatic carboxylic acids is 1. The highest BCUT2D eigenvalue weighted by Crippen LogP contribution is 2.39. The molecule has 23 heavy (non-hydrogen) atoms. The molecule has 0 aromatic heterocycles. The highest BCUT2D eigenvalue weighted by molar-refractivity contribution is 14.1. The SMILES string of the molecule is COc1cc(I)c(OCCCC(F)(F)C(F)(F)F)c(C(=O)O)c1. The van der Waals surface area contributed by atoms with Crippen LogP contribution in [-0.4, -0.2) is 36.9 Å². The summed E-state index contributed by atoms with van der Waals surface area (Å²) in [6.45, 7) is -0.478. The zero-order valence-electron chi connectivity index (χ0n) is 11.7. The van der Waals surface area contributed by atoms with E-state index in [1.165, 1.54) is 19.2 Å². The molecule has 1 aromatic rings. The van der Waals surface area contributed by atoms with Crippen LogP contribution in [0.25, 0.3) is 0 Å². The van der Waals surface area contributed by atoms with E-state index in [4.69, 9.17) is 14.6 Å². The van der Waals surface area contributed by atoms with Crippen molar-refractivity contribution in [1.82, 2.24) is 0 Å². The molecule has 130 valence electrons. The smallest absolute Gasteiger partial charge is 0.453 e. The van der Waals surface area contributed by atoms with Crippen molar-refractivity contribution in [2.24, 2.45) is 0 Å². The van der Waals surface area contributed by atoms with Crippen LogP contribution in [0.5, 0.6) is 11.5 Å². The van der Waals surface area contributed by atoms with Gasteiger partial charge in [0.25, 0.3) is 0 Å². The molecule has 0 saturated heterocycles. The second kappa shape index (κ2) is 7.49. The number of rotatable bonds is 7. The summed E-state index contributed by atoms with van der Waals surface area (Å²) in [5.74, 6) is -5.99. The van der Waals surface area contributed by atoms with Crippen molar-refractivity contribution in [3.63, 3.8) is 0 Å². The Hall–Kier alpha value is -1.33. The van der Waals surface area contributed by atoms with Crippen LogP contribution in [0.15, 0.2) is 12.1 Å². The van der Waals surface area contributed by atoms with Gasteiger partial charge >= 0.3 is 18.1 Å². The summed E-state index contributed by atoms with van der Waals surface area (Å²) in [6.07, 6.45) is -7.65. The second-order valence-electron chi connectivity index (χ2n) is 4.45. The van der Waals surface area contributed by atoms with Gasteiger partial charge in [-0.2, -0.15) is 22.0 Å². The van der Waals surface area contributed by atoms with E-state index in [2.05, 4.69) is 0 Å². The van der Waals surface area contributed by atoms with Gasteiger partial charge in [0.05, 0.1) is 17.3 Å². The predicted molar refractivity (Wildman–Crippen MR) is 78.4 cm³/mol. The average molecular weight is 454 g/mol. The number of carboxylic acid groups (broad SMARTS) is 1. The van der Waals surface area contributed by atoms with Gasteiger partial charge in [-0.05, 0) is 41.1 Å². The van der Waals surface area contributed by atoms with Crippen LogP contribution >= 0.6 is 22.6 Å². The molecule has 0 spiro atoms. The quantitative estimate of drug-likeness (QED) is 0.378. The van der Waals surface area contributed by atoms with Crippen LogP contribution in [0.2, 0.25) is 0 Å². The fourth-order valence-electron chi connectivity index (χ4n) is 1.60. The Balaban J connectivity index is 2.77. The Kier molecular flexibility index (Phi) is 6.42. The van der Waals surface area contributed by atoms with Crippen LogP contribution in [0, 0.1) is 3.57 Å². The summed E-state index contributed by atoms with van der Waals surface area (Å²) in [5, 5.41) is 9.09. The number of carbonyl (C=O) groups is 1. The fraction of sp³-hybridized carbons (Fsp3) is 0.462. The standard InChI is InChI=1S/C13H12F5IO4/c1-22-7-5-8(11(20)21)10(9(19)6-7)23-4-2-3-12(14,15)13(16,17)18/h5-6H,2-4H2,1H3,(H,20,21). The maximum Gasteiger partial charge on any atom is 0.453 e. The molecule has 0 aliphatic carbocycles. The number of benzene rings is 1. The van der Waals surface area contributed by atoms with E-state index in [1.54, 1.807) is 22.6 Å². The lowest BCUT2D eigenvalue weighted by atomic mass is 10.1. The van der Waals surface area contributed by atoms with E-state index in [9.17, 15) is 26.7 Å². The number of halogens is 6. The molecule has 1 aromatic carbocycles. The topological polar surface area (TPSA) is 55.8 Å². The van der Waals surface area contributed by atoms with Crippen molar-refractivity contribution in [1.29, 1.82) is 0 Å². The summed E-state index contributed by atoms with van der Waals surface area (Å²) in [7, 11) is 1.33. The highest BCUT2D eigenvalue weighted by Gasteiger charge is 2.56. The minimum absolute atomic E-state index is 0.103. The molecule has 0 amide bonds. The first kappa shape index (κ1) is 19.7. The van der Waals surface area contributed by atoms with Crippen molar-refractivity contribution in [3.05, 3.63) is 21.3 Å². The van der Waals surface area contributed by atoms with Crippen molar-refractivity contribution < 1.29 is 41.3 Å². The number of alkyl halides is 5. The first-order valence-corrected chi connectivity index (χ1v) is 7.25. The van der Waals surface area contributed by atoms with Crippen LogP contribution in [0.3, 0.4) is 0 Å². The predicted octanol–water partition coefficient (Wildman–Crippen LogP) is 4.35. The van der Waals surface area contributed by atoms with Crippen molar-refractivity contribution in [2.45, 2.75) is 24.9 Å². The van der Waals surface area contributed by atoms with Crippen molar-refractivity contribution >= 4 is 28.6 Å². The van der Waals surface area contributed by atoms with E-state index < -0.39 is 37.5 Å². The third kappa shape index (κ3) is 5.08. The van der Waals surface area contributed by atoms with Crippen molar-refractivity contribution in [3.8, 4) is 11.5 Å². The molecule has 0 bridgehead atoms. The van der Waals surface area contributed by atoms with E-state index in [-0.39, 0.29) is 17.1 Å². The molecule has 0 aliphatic heterocycles. The van der Waals surface area contributed by atoms with Gasteiger partial charge in [0.15, 0.2) is 0 Å². The summed E-state index contributed by atoms with van der Waals surface area (Å²) >= 11 is 1.75. The number of hydrogen-bond acceptors (Lipinski definition) is 3. The van der Waals surface area contributed by atoms with Gasteiger partial charge in [0, 0.05) is 6.42 Å². The summed E-state index contributed by atoms with van der Waals surface area (Å²) in [5.41, 5.74) is -0.267. The van der Waals surface area contributed by atoms with Gasteiger partial charge in [-0.1, -0.05) is 0 Å². The first-order valence-electron chi connectivity index (χ1n) is 6.18. The molecular formula is C13H12F5IO4. The third-order valence-electron chi connectivity index (χ3n) is 2.78. The van der Waals surface area contributed by atoms with Crippen LogP contribution < -0.4 is 9.47 Å². The normalized spacial score (nSPS) is 12.1. The Morgan fingerprint density at radius 2 is 1.87 bits per heavy atom. The minimum Gasteiger partial charge on any atom is -0.497 e. The number of carboxylic acids is 1. The van der Waals surface area contributed by atoms with E-state index in [0.717, 1.165) is 0 Å². The molecular weight excluding hydrogens is 442 g/mol. The summed E-state index contributed by atoms with van der Waals surface area (Å²) in [6, 6.07) is 2.62. The molecule has 0 atom stereocenters. The lowest BCUT2D eigenvalue weighted by Gasteiger charge is -2.19. The van der Waals surface area contributed by atoms with E-state index in [1.807, 2.05) is 0 Å². The molecule has 0 aliphatic rings. The largest absolute Gasteiger partial charge is 0.497 e. The summed E-state index contributed by atoms with van der Waals surface area (Å²) in [4.78, 5) is 11.2. The minimum atomic E-state index is -5.62. The van der Waals surface area contributed by atoms with E-state index in [0.29, 0.717) is 3.57 Å². The zero-order chi connectivity index (χ0) is 17.8. The molecule has 1 rings (SSSR count). The van der Waals surface area contributed by atoms with Crippen LogP contribution in [0.4, 0.5) is 22.0 Å². The molecule has 0 saturated carbocycles. The molecule has 0 fully saturated rings. The Morgan fingerprint density at radius 3 is 2.35 bits per heavy atom. The van der Waals surface area contributed by atoms with Crippen LogP contribution in [0.1, 0.15) is 23.2 Å². The third-order valence-corrected chi connectivity index (χ3v) is 3.58. The van der Waals surface area contributed by atoms with E-state index >= 15 is 0 Å². The molecule has 0 unspecified atom stereocenters. The number of hydrogen-bond donors (Lipinski definition) is 1. The van der Waals surface area contributed by atoms with Gasteiger partial charge in [-0.15, -0.1) is 0 Å². The fourth-order valence-corrected chi connectivity index (χ4v) is 2.36. The lowest BCUT2D eigenvalue weighted by molar-refractivity contribution is -0.284. The number of ether oxygens (including phenoxy) is 2. The lowest BCUT2D eigenvalue weighted by Crippen LogP contribution is -2.36.